The van der Waals surface area contributed by atoms with E-state index in [2.05, 4.69) is 11.9 Å². The summed E-state index contributed by atoms with van der Waals surface area (Å²) in [4.78, 5) is 5.22. The van der Waals surface area contributed by atoms with Crippen molar-refractivity contribution in [3.63, 3.8) is 0 Å². The number of hydrogen-bond donors (Lipinski definition) is 1. The summed E-state index contributed by atoms with van der Waals surface area (Å²) < 4.78 is 5.47. The van der Waals surface area contributed by atoms with Gasteiger partial charge in [-0.3, -0.25) is 4.98 Å². The van der Waals surface area contributed by atoms with E-state index in [-0.39, 0.29) is 6.61 Å². The molecule has 0 spiro atoms. The molecule has 3 nitrogen and oxygen atoms in total. The van der Waals surface area contributed by atoms with Crippen molar-refractivity contribution in [2.24, 2.45) is 0 Å². The highest BCUT2D eigenvalue weighted by atomic mass is 32.2. The van der Waals surface area contributed by atoms with Crippen molar-refractivity contribution in [2.45, 2.75) is 37.7 Å². The molecule has 4 heteroatoms. The lowest BCUT2D eigenvalue weighted by molar-refractivity contribution is 0.0283. The Kier molecular flexibility index (Phi) is 5.09. The molecule has 90 valence electrons. The van der Waals surface area contributed by atoms with Crippen molar-refractivity contribution in [3.05, 3.63) is 18.5 Å². The van der Waals surface area contributed by atoms with E-state index in [1.807, 2.05) is 12.3 Å². The molecule has 0 amide bonds. The van der Waals surface area contributed by atoms with Crippen molar-refractivity contribution >= 4 is 11.8 Å². The number of pyridine rings is 1. The van der Waals surface area contributed by atoms with Crippen molar-refractivity contribution in [3.8, 4) is 5.75 Å². The fourth-order valence-electron chi connectivity index (χ4n) is 1.04. The Balaban J connectivity index is 2.53. The van der Waals surface area contributed by atoms with Gasteiger partial charge in [-0.2, -0.15) is 0 Å². The number of rotatable bonds is 6. The summed E-state index contributed by atoms with van der Waals surface area (Å²) in [6, 6.07) is 1.96. The lowest BCUT2D eigenvalue weighted by Gasteiger charge is -2.17. The highest BCUT2D eigenvalue weighted by Crippen LogP contribution is 2.22. The van der Waals surface area contributed by atoms with Crippen LogP contribution < -0.4 is 4.74 Å². The van der Waals surface area contributed by atoms with Gasteiger partial charge < -0.3 is 9.84 Å². The Labute approximate surface area is 101 Å². The van der Waals surface area contributed by atoms with Gasteiger partial charge in [0.1, 0.15) is 12.4 Å². The van der Waals surface area contributed by atoms with Crippen LogP contribution in [0.3, 0.4) is 0 Å². The average molecular weight is 241 g/mol. The monoisotopic (exact) mass is 241 g/mol. The van der Waals surface area contributed by atoms with Crippen LogP contribution in [0.5, 0.6) is 5.75 Å². The number of aromatic nitrogens is 1. The van der Waals surface area contributed by atoms with E-state index in [1.54, 1.807) is 31.8 Å². The first-order valence-corrected chi connectivity index (χ1v) is 6.43. The van der Waals surface area contributed by atoms with Gasteiger partial charge in [0.05, 0.1) is 11.8 Å². The molecule has 1 heterocycles. The first-order valence-electron chi connectivity index (χ1n) is 5.44. The SMILES string of the molecule is CCCSc1cncc(OCC(C)(C)O)c1. The van der Waals surface area contributed by atoms with Crippen LogP contribution in [0, 0.1) is 0 Å². The number of ether oxygens (including phenoxy) is 1. The summed E-state index contributed by atoms with van der Waals surface area (Å²) >= 11 is 1.76. The maximum atomic E-state index is 9.54. The van der Waals surface area contributed by atoms with Crippen molar-refractivity contribution in [1.29, 1.82) is 0 Å². The van der Waals surface area contributed by atoms with E-state index < -0.39 is 5.60 Å². The van der Waals surface area contributed by atoms with Crippen LogP contribution >= 0.6 is 11.8 Å². The smallest absolute Gasteiger partial charge is 0.138 e. The molecule has 0 saturated carbocycles. The highest BCUT2D eigenvalue weighted by molar-refractivity contribution is 7.99. The van der Waals surface area contributed by atoms with Gasteiger partial charge in [0.15, 0.2) is 0 Å². The Bertz CT molecular complexity index is 323. The molecule has 1 aromatic rings. The fraction of sp³-hybridized carbons (Fsp3) is 0.583. The van der Waals surface area contributed by atoms with E-state index in [0.29, 0.717) is 5.75 Å². The second kappa shape index (κ2) is 6.11. The highest BCUT2D eigenvalue weighted by Gasteiger charge is 2.13. The lowest BCUT2D eigenvalue weighted by Crippen LogP contribution is -2.27. The Morgan fingerprint density at radius 1 is 1.44 bits per heavy atom. The van der Waals surface area contributed by atoms with Gasteiger partial charge in [-0.05, 0) is 32.1 Å². The zero-order chi connectivity index (χ0) is 12.0. The van der Waals surface area contributed by atoms with Gasteiger partial charge in [0.2, 0.25) is 0 Å². The van der Waals surface area contributed by atoms with E-state index in [0.717, 1.165) is 17.1 Å². The van der Waals surface area contributed by atoms with Gasteiger partial charge in [0, 0.05) is 11.1 Å². The summed E-state index contributed by atoms with van der Waals surface area (Å²) in [6.07, 6.45) is 4.64. The molecule has 0 unspecified atom stereocenters. The lowest BCUT2D eigenvalue weighted by atomic mass is 10.2. The minimum Gasteiger partial charge on any atom is -0.489 e. The zero-order valence-electron chi connectivity index (χ0n) is 10.1. The maximum absolute atomic E-state index is 9.54. The van der Waals surface area contributed by atoms with Crippen LogP contribution in [0.1, 0.15) is 27.2 Å². The van der Waals surface area contributed by atoms with Crippen LogP contribution in [0.4, 0.5) is 0 Å². The molecular formula is C12H19NO2S. The average Bonchev–Trinajstić information content (AvgIpc) is 2.23. The van der Waals surface area contributed by atoms with Crippen LogP contribution in [0.15, 0.2) is 23.4 Å². The summed E-state index contributed by atoms with van der Waals surface area (Å²) in [5.41, 5.74) is -0.813. The van der Waals surface area contributed by atoms with E-state index in [4.69, 9.17) is 4.74 Å². The number of thioether (sulfide) groups is 1. The molecule has 0 aliphatic rings. The molecule has 16 heavy (non-hydrogen) atoms. The second-order valence-corrected chi connectivity index (χ2v) is 5.47. The first kappa shape index (κ1) is 13.3. The van der Waals surface area contributed by atoms with E-state index >= 15 is 0 Å². The molecule has 0 bridgehead atoms. The standard InChI is InChI=1S/C12H19NO2S/c1-4-5-16-11-6-10(7-13-8-11)15-9-12(2,3)14/h6-8,14H,4-5,9H2,1-3H3. The molecule has 0 aromatic carbocycles. The van der Waals surface area contributed by atoms with Crippen LogP contribution in [-0.2, 0) is 0 Å². The Morgan fingerprint density at radius 3 is 2.81 bits per heavy atom. The molecule has 1 N–H and O–H groups in total. The zero-order valence-corrected chi connectivity index (χ0v) is 10.9. The Morgan fingerprint density at radius 2 is 2.19 bits per heavy atom. The molecule has 0 saturated heterocycles. The molecule has 0 aliphatic carbocycles. The van der Waals surface area contributed by atoms with E-state index in [1.165, 1.54) is 0 Å². The predicted octanol–water partition coefficient (Wildman–Crippen LogP) is 2.73. The quantitative estimate of drug-likeness (QED) is 0.778. The molecule has 0 fully saturated rings. The molecular weight excluding hydrogens is 222 g/mol. The van der Waals surface area contributed by atoms with Gasteiger partial charge in [-0.1, -0.05) is 6.92 Å². The molecule has 0 aliphatic heterocycles. The minimum absolute atomic E-state index is 0.274. The summed E-state index contributed by atoms with van der Waals surface area (Å²) in [6.45, 7) is 5.86. The third-order valence-corrected chi connectivity index (χ3v) is 2.92. The van der Waals surface area contributed by atoms with Crippen LogP contribution in [0.2, 0.25) is 0 Å². The predicted molar refractivity (Wildman–Crippen MR) is 67.0 cm³/mol. The number of aliphatic hydroxyl groups is 1. The van der Waals surface area contributed by atoms with Gasteiger partial charge in [-0.25, -0.2) is 0 Å². The molecule has 1 rings (SSSR count). The normalized spacial score (nSPS) is 11.5. The molecule has 0 radical (unpaired) electrons. The van der Waals surface area contributed by atoms with Crippen molar-refractivity contribution in [2.75, 3.05) is 12.4 Å². The molecule has 1 aromatic heterocycles. The maximum Gasteiger partial charge on any atom is 0.138 e. The Hall–Kier alpha value is -0.740. The van der Waals surface area contributed by atoms with Gasteiger partial charge in [0.25, 0.3) is 0 Å². The largest absolute Gasteiger partial charge is 0.489 e. The summed E-state index contributed by atoms with van der Waals surface area (Å²) in [7, 11) is 0. The van der Waals surface area contributed by atoms with Crippen molar-refractivity contribution in [1.82, 2.24) is 4.98 Å². The number of hydrogen-bond acceptors (Lipinski definition) is 4. The fourth-order valence-corrected chi connectivity index (χ4v) is 1.81. The summed E-state index contributed by atoms with van der Waals surface area (Å²) in [5, 5.41) is 9.54. The minimum atomic E-state index is -0.813. The summed E-state index contributed by atoms with van der Waals surface area (Å²) in [5.74, 6) is 1.79. The third kappa shape index (κ3) is 5.37. The first-order chi connectivity index (χ1) is 7.51. The van der Waals surface area contributed by atoms with Gasteiger partial charge in [-0.15, -0.1) is 11.8 Å². The van der Waals surface area contributed by atoms with Crippen molar-refractivity contribution < 1.29 is 9.84 Å². The van der Waals surface area contributed by atoms with E-state index in [9.17, 15) is 5.11 Å². The second-order valence-electron chi connectivity index (χ2n) is 4.31. The van der Waals surface area contributed by atoms with Gasteiger partial charge >= 0.3 is 0 Å². The third-order valence-electron chi connectivity index (χ3n) is 1.75. The topological polar surface area (TPSA) is 42.4 Å². The number of nitrogens with zero attached hydrogens (tertiary/aromatic N) is 1. The van der Waals surface area contributed by atoms with Crippen LogP contribution in [-0.4, -0.2) is 28.1 Å². The van der Waals surface area contributed by atoms with Crippen LogP contribution in [0.25, 0.3) is 0 Å². The molecule has 0 atom stereocenters.